The van der Waals surface area contributed by atoms with Crippen LogP contribution in [0.3, 0.4) is 0 Å². The zero-order chi connectivity index (χ0) is 18.4. The summed E-state index contributed by atoms with van der Waals surface area (Å²) in [5.74, 6) is 0.0425. The van der Waals surface area contributed by atoms with Crippen LogP contribution in [0.2, 0.25) is 0 Å². The van der Waals surface area contributed by atoms with E-state index >= 15 is 0 Å². The Balaban J connectivity index is 2.45. The van der Waals surface area contributed by atoms with Crippen LogP contribution in [-0.2, 0) is 11.0 Å². The molecule has 2 rings (SSSR count). The summed E-state index contributed by atoms with van der Waals surface area (Å²) in [6.45, 7) is 0. The average molecular weight is 347 g/mol. The zero-order valence-electron chi connectivity index (χ0n) is 13.4. The van der Waals surface area contributed by atoms with E-state index in [0.717, 1.165) is 17.7 Å². The highest BCUT2D eigenvalue weighted by Crippen LogP contribution is 2.31. The molecule has 0 saturated heterocycles. The van der Waals surface area contributed by atoms with Gasteiger partial charge in [-0.25, -0.2) is 0 Å². The van der Waals surface area contributed by atoms with Gasteiger partial charge in [0.1, 0.15) is 5.75 Å². The number of ether oxygens (including phenoxy) is 1. The molecule has 0 aliphatic carbocycles. The van der Waals surface area contributed by atoms with E-state index in [1.807, 2.05) is 0 Å². The Bertz CT molecular complexity index is 789. The van der Waals surface area contributed by atoms with Gasteiger partial charge in [0.15, 0.2) is 0 Å². The van der Waals surface area contributed by atoms with Gasteiger partial charge < -0.3 is 10.5 Å². The fraction of sp³-hybridized carbons (Fsp3) is 0.105. The lowest BCUT2D eigenvalue weighted by Crippen LogP contribution is -2.05. The summed E-state index contributed by atoms with van der Waals surface area (Å²) < 4.78 is 43.3. The molecule has 0 saturated carbocycles. The maximum atomic E-state index is 12.7. The quantitative estimate of drug-likeness (QED) is 0.651. The fourth-order valence-corrected chi connectivity index (χ4v) is 2.21. The summed E-state index contributed by atoms with van der Waals surface area (Å²) in [4.78, 5) is 10.9. The Morgan fingerprint density at radius 1 is 1.00 bits per heavy atom. The van der Waals surface area contributed by atoms with Gasteiger partial charge in [0.2, 0.25) is 5.91 Å². The van der Waals surface area contributed by atoms with Crippen molar-refractivity contribution in [1.82, 2.24) is 0 Å². The van der Waals surface area contributed by atoms with E-state index in [9.17, 15) is 18.0 Å². The molecule has 0 aromatic heterocycles. The first-order valence-corrected chi connectivity index (χ1v) is 7.31. The zero-order valence-corrected chi connectivity index (χ0v) is 13.4. The Morgan fingerprint density at radius 2 is 1.52 bits per heavy atom. The first-order valence-electron chi connectivity index (χ1n) is 7.31. The molecular weight excluding hydrogens is 331 g/mol. The lowest BCUT2D eigenvalue weighted by Gasteiger charge is -2.11. The van der Waals surface area contributed by atoms with Gasteiger partial charge >= 0.3 is 6.18 Å². The number of hydrogen-bond acceptors (Lipinski definition) is 2. The summed E-state index contributed by atoms with van der Waals surface area (Å²) >= 11 is 0. The molecule has 0 heterocycles. The number of allylic oxidation sites excluding steroid dienone is 2. The molecule has 1 amide bonds. The number of carbonyl (C=O) groups is 1. The molecule has 0 unspecified atom stereocenters. The Hall–Kier alpha value is -3.02. The molecule has 130 valence electrons. The summed E-state index contributed by atoms with van der Waals surface area (Å²) in [5.41, 5.74) is 6.32. The maximum absolute atomic E-state index is 12.7. The lowest BCUT2D eigenvalue weighted by atomic mass is 9.96. The summed E-state index contributed by atoms with van der Waals surface area (Å²) in [7, 11) is 1.54. The van der Waals surface area contributed by atoms with E-state index in [-0.39, 0.29) is 0 Å². The van der Waals surface area contributed by atoms with Crippen LogP contribution in [0.1, 0.15) is 16.7 Å². The second kappa shape index (κ2) is 7.70. The highest BCUT2D eigenvalue weighted by Gasteiger charge is 2.30. The van der Waals surface area contributed by atoms with Crippen LogP contribution in [-0.4, -0.2) is 13.0 Å². The van der Waals surface area contributed by atoms with Crippen molar-refractivity contribution in [1.29, 1.82) is 0 Å². The summed E-state index contributed by atoms with van der Waals surface area (Å²) in [5, 5.41) is 0. The SMILES string of the molecule is COc1ccc(C(=CC=CC(N)=O)c2ccc(C(F)(F)F)cc2)cc1. The van der Waals surface area contributed by atoms with Gasteiger partial charge in [-0.15, -0.1) is 0 Å². The number of methoxy groups -OCH3 is 1. The molecule has 0 fully saturated rings. The lowest BCUT2D eigenvalue weighted by molar-refractivity contribution is -0.137. The van der Waals surface area contributed by atoms with Gasteiger partial charge in [-0.1, -0.05) is 36.4 Å². The molecule has 6 heteroatoms. The Kier molecular flexibility index (Phi) is 5.64. The van der Waals surface area contributed by atoms with Crippen molar-refractivity contribution in [3.8, 4) is 5.75 Å². The smallest absolute Gasteiger partial charge is 0.416 e. The highest BCUT2D eigenvalue weighted by molar-refractivity contribution is 5.87. The van der Waals surface area contributed by atoms with Crippen LogP contribution in [0.5, 0.6) is 5.75 Å². The van der Waals surface area contributed by atoms with E-state index < -0.39 is 17.6 Å². The molecule has 0 radical (unpaired) electrons. The maximum Gasteiger partial charge on any atom is 0.416 e. The third-order valence-electron chi connectivity index (χ3n) is 3.45. The van der Waals surface area contributed by atoms with Gasteiger partial charge in [-0.2, -0.15) is 13.2 Å². The van der Waals surface area contributed by atoms with Gasteiger partial charge in [0, 0.05) is 6.08 Å². The first kappa shape index (κ1) is 18.3. The number of primary amides is 1. The molecule has 0 bridgehead atoms. The topological polar surface area (TPSA) is 52.3 Å². The first-order chi connectivity index (χ1) is 11.8. The third kappa shape index (κ3) is 4.97. The number of nitrogens with two attached hydrogens (primary N) is 1. The highest BCUT2D eigenvalue weighted by atomic mass is 19.4. The standard InChI is InChI=1S/C19H16F3NO2/c1-25-16-11-7-14(8-12-16)17(3-2-4-18(23)24)13-5-9-15(10-6-13)19(20,21)22/h2-12H,1H3,(H2,23,24). The van der Waals surface area contributed by atoms with Crippen molar-refractivity contribution < 1.29 is 22.7 Å². The van der Waals surface area contributed by atoms with E-state index in [4.69, 9.17) is 10.5 Å². The van der Waals surface area contributed by atoms with Crippen molar-refractivity contribution in [2.45, 2.75) is 6.18 Å². The normalized spacial score (nSPS) is 12.4. The van der Waals surface area contributed by atoms with Gasteiger partial charge in [-0.3, -0.25) is 4.79 Å². The molecule has 0 spiro atoms. The summed E-state index contributed by atoms with van der Waals surface area (Å²) in [6.07, 6.45) is -0.142. The van der Waals surface area contributed by atoms with Crippen LogP contribution in [0.15, 0.2) is 66.8 Å². The molecule has 2 aromatic carbocycles. The molecule has 0 atom stereocenters. The molecule has 2 N–H and O–H groups in total. The molecule has 2 aromatic rings. The van der Waals surface area contributed by atoms with Crippen molar-refractivity contribution in [3.05, 3.63) is 83.4 Å². The second-order valence-corrected chi connectivity index (χ2v) is 5.15. The molecule has 3 nitrogen and oxygen atoms in total. The van der Waals surface area contributed by atoms with Crippen LogP contribution in [0.4, 0.5) is 13.2 Å². The average Bonchev–Trinajstić information content (AvgIpc) is 2.58. The van der Waals surface area contributed by atoms with Crippen molar-refractivity contribution in [3.63, 3.8) is 0 Å². The predicted molar refractivity (Wildman–Crippen MR) is 89.9 cm³/mol. The molecule has 25 heavy (non-hydrogen) atoms. The Morgan fingerprint density at radius 3 is 1.96 bits per heavy atom. The number of alkyl halides is 3. The van der Waals surface area contributed by atoms with Crippen LogP contribution in [0.25, 0.3) is 5.57 Å². The number of benzene rings is 2. The minimum absolute atomic E-state index is 0.576. The summed E-state index contributed by atoms with van der Waals surface area (Å²) in [6, 6.07) is 11.8. The number of rotatable bonds is 5. The minimum atomic E-state index is -4.39. The van der Waals surface area contributed by atoms with Gasteiger partial charge in [0.25, 0.3) is 0 Å². The van der Waals surface area contributed by atoms with Crippen LogP contribution in [0, 0.1) is 0 Å². The number of hydrogen-bond donors (Lipinski definition) is 1. The van der Waals surface area contributed by atoms with E-state index in [1.54, 1.807) is 30.3 Å². The monoisotopic (exact) mass is 347 g/mol. The minimum Gasteiger partial charge on any atom is -0.497 e. The third-order valence-corrected chi connectivity index (χ3v) is 3.45. The van der Waals surface area contributed by atoms with E-state index in [2.05, 4.69) is 0 Å². The second-order valence-electron chi connectivity index (χ2n) is 5.15. The molecular formula is C19H16F3NO2. The largest absolute Gasteiger partial charge is 0.497 e. The predicted octanol–water partition coefficient (Wildman–Crippen LogP) is 4.19. The van der Waals surface area contributed by atoms with Gasteiger partial charge in [0.05, 0.1) is 12.7 Å². The van der Waals surface area contributed by atoms with Crippen molar-refractivity contribution in [2.75, 3.05) is 7.11 Å². The Labute approximate surface area is 143 Å². The number of carbonyl (C=O) groups excluding carboxylic acids is 1. The van der Waals surface area contributed by atoms with E-state index in [1.165, 1.54) is 31.4 Å². The van der Waals surface area contributed by atoms with Crippen LogP contribution < -0.4 is 10.5 Å². The van der Waals surface area contributed by atoms with Crippen molar-refractivity contribution >= 4 is 11.5 Å². The van der Waals surface area contributed by atoms with Crippen LogP contribution >= 0.6 is 0 Å². The van der Waals surface area contributed by atoms with E-state index in [0.29, 0.717) is 16.9 Å². The van der Waals surface area contributed by atoms with Crippen molar-refractivity contribution in [2.24, 2.45) is 5.73 Å². The molecule has 0 aliphatic heterocycles. The molecule has 0 aliphatic rings. The van der Waals surface area contributed by atoms with Gasteiger partial charge in [-0.05, 0) is 41.0 Å². The fourth-order valence-electron chi connectivity index (χ4n) is 2.21. The number of halogens is 3. The number of amides is 1.